The molecule has 1 saturated carbocycles. The smallest absolute Gasteiger partial charge is 0.244 e. The second kappa shape index (κ2) is 5.91. The highest BCUT2D eigenvalue weighted by Gasteiger charge is 2.22. The Morgan fingerprint density at radius 3 is 2.86 bits per heavy atom. The van der Waals surface area contributed by atoms with Crippen LogP contribution < -0.4 is 10.2 Å². The summed E-state index contributed by atoms with van der Waals surface area (Å²) in [4.78, 5) is 6.92. The Bertz CT molecular complexity index is 651. The Morgan fingerprint density at radius 1 is 1.09 bits per heavy atom. The van der Waals surface area contributed by atoms with Crippen LogP contribution in [0.25, 0.3) is 0 Å². The van der Waals surface area contributed by atoms with Gasteiger partial charge < -0.3 is 10.2 Å². The largest absolute Gasteiger partial charge is 0.350 e. The molecule has 0 bridgehead atoms. The molecule has 1 aliphatic heterocycles. The summed E-state index contributed by atoms with van der Waals surface area (Å²) in [7, 11) is 0. The van der Waals surface area contributed by atoms with Gasteiger partial charge in [-0.2, -0.15) is 10.1 Å². The van der Waals surface area contributed by atoms with E-state index in [1.807, 2.05) is 0 Å². The normalized spacial score (nSPS) is 18.3. The summed E-state index contributed by atoms with van der Waals surface area (Å²) in [5.74, 6) is 1.55. The molecular weight excluding hydrogens is 274 g/mol. The molecule has 114 valence electrons. The zero-order chi connectivity index (χ0) is 14.8. The molecule has 0 atom stereocenters. The van der Waals surface area contributed by atoms with Crippen LogP contribution in [0.4, 0.5) is 17.5 Å². The van der Waals surface area contributed by atoms with Crippen LogP contribution in [0.1, 0.15) is 37.7 Å². The average Bonchev–Trinajstić information content (AvgIpc) is 3.00. The van der Waals surface area contributed by atoms with E-state index in [1.54, 1.807) is 6.20 Å². The van der Waals surface area contributed by atoms with Gasteiger partial charge in [0.15, 0.2) is 5.82 Å². The molecule has 0 saturated heterocycles. The zero-order valence-electron chi connectivity index (χ0n) is 12.7. The third kappa shape index (κ3) is 2.63. The Balaban J connectivity index is 1.55. The summed E-state index contributed by atoms with van der Waals surface area (Å²) in [6.07, 6.45) is 9.18. The second-order valence-corrected chi connectivity index (χ2v) is 6.15. The third-order valence-corrected chi connectivity index (χ3v) is 4.65. The van der Waals surface area contributed by atoms with Crippen molar-refractivity contribution < 1.29 is 0 Å². The molecule has 2 aromatic rings. The van der Waals surface area contributed by atoms with Crippen molar-refractivity contribution in [1.82, 2.24) is 15.2 Å². The highest BCUT2D eigenvalue weighted by molar-refractivity contribution is 5.67. The number of fused-ring (bicyclic) bond motifs is 1. The van der Waals surface area contributed by atoms with E-state index in [0.717, 1.165) is 18.8 Å². The maximum absolute atomic E-state index is 4.69. The van der Waals surface area contributed by atoms with Crippen LogP contribution >= 0.6 is 0 Å². The number of hydrogen-bond acceptors (Lipinski definition) is 5. The number of anilines is 3. The van der Waals surface area contributed by atoms with Gasteiger partial charge in [0.2, 0.25) is 5.95 Å². The van der Waals surface area contributed by atoms with Crippen LogP contribution in [-0.4, -0.2) is 27.8 Å². The minimum atomic E-state index is 0.497. The molecular formula is C17H21N5. The average molecular weight is 295 g/mol. The van der Waals surface area contributed by atoms with Crippen molar-refractivity contribution in [2.75, 3.05) is 16.8 Å². The molecule has 1 N–H and O–H groups in total. The van der Waals surface area contributed by atoms with Crippen LogP contribution in [0.15, 0.2) is 30.5 Å². The SMILES string of the molecule is c1ccc2c(c1)CCN2c1cnnc(NC2CCCCC2)n1. The lowest BCUT2D eigenvalue weighted by Gasteiger charge is -2.23. The number of rotatable bonds is 3. The number of benzene rings is 1. The summed E-state index contributed by atoms with van der Waals surface area (Å²) >= 11 is 0. The first-order valence-corrected chi connectivity index (χ1v) is 8.22. The van der Waals surface area contributed by atoms with E-state index in [1.165, 1.54) is 43.4 Å². The van der Waals surface area contributed by atoms with Crippen molar-refractivity contribution in [2.24, 2.45) is 0 Å². The van der Waals surface area contributed by atoms with Gasteiger partial charge in [-0.3, -0.25) is 0 Å². The maximum atomic E-state index is 4.69. The van der Waals surface area contributed by atoms with Crippen molar-refractivity contribution in [3.63, 3.8) is 0 Å². The lowest BCUT2D eigenvalue weighted by Crippen LogP contribution is -2.24. The van der Waals surface area contributed by atoms with Gasteiger partial charge in [0.25, 0.3) is 0 Å². The van der Waals surface area contributed by atoms with Gasteiger partial charge in [0, 0.05) is 18.3 Å². The molecule has 0 unspecified atom stereocenters. The monoisotopic (exact) mass is 295 g/mol. The Labute approximate surface area is 130 Å². The standard InChI is InChI=1S/C17H21N5/c1-2-7-14(8-3-1)19-17-20-16(12-18-21-17)22-11-10-13-6-4-5-9-15(13)22/h4-6,9,12,14H,1-3,7-8,10-11H2,(H,19,20,21). The van der Waals surface area contributed by atoms with Crippen molar-refractivity contribution in [2.45, 2.75) is 44.6 Å². The molecule has 1 aliphatic carbocycles. The molecule has 0 radical (unpaired) electrons. The van der Waals surface area contributed by atoms with E-state index in [0.29, 0.717) is 12.0 Å². The topological polar surface area (TPSA) is 53.9 Å². The van der Waals surface area contributed by atoms with Crippen molar-refractivity contribution in [1.29, 1.82) is 0 Å². The minimum Gasteiger partial charge on any atom is -0.350 e. The van der Waals surface area contributed by atoms with E-state index >= 15 is 0 Å². The van der Waals surface area contributed by atoms with Gasteiger partial charge >= 0.3 is 0 Å². The molecule has 1 aromatic heterocycles. The number of para-hydroxylation sites is 1. The Morgan fingerprint density at radius 2 is 1.95 bits per heavy atom. The van der Waals surface area contributed by atoms with Gasteiger partial charge in [0.1, 0.15) is 0 Å². The fraction of sp³-hybridized carbons (Fsp3) is 0.471. The van der Waals surface area contributed by atoms with Crippen molar-refractivity contribution >= 4 is 17.5 Å². The molecule has 2 aliphatic rings. The van der Waals surface area contributed by atoms with E-state index in [-0.39, 0.29) is 0 Å². The molecule has 0 amide bonds. The molecule has 22 heavy (non-hydrogen) atoms. The molecule has 4 rings (SSSR count). The Kier molecular flexibility index (Phi) is 3.62. The Hall–Kier alpha value is -2.17. The fourth-order valence-electron chi connectivity index (χ4n) is 3.49. The lowest BCUT2D eigenvalue weighted by molar-refractivity contribution is 0.460. The summed E-state index contributed by atoms with van der Waals surface area (Å²) in [5.41, 5.74) is 2.62. The number of hydrogen-bond donors (Lipinski definition) is 1. The van der Waals surface area contributed by atoms with E-state index < -0.39 is 0 Å². The summed E-state index contributed by atoms with van der Waals surface area (Å²) in [5, 5.41) is 11.8. The zero-order valence-corrected chi connectivity index (χ0v) is 12.7. The van der Waals surface area contributed by atoms with Crippen molar-refractivity contribution in [3.05, 3.63) is 36.0 Å². The van der Waals surface area contributed by atoms with Crippen LogP contribution in [0, 0.1) is 0 Å². The first-order chi connectivity index (χ1) is 10.9. The lowest BCUT2D eigenvalue weighted by atomic mass is 9.96. The number of aromatic nitrogens is 3. The van der Waals surface area contributed by atoms with E-state index in [9.17, 15) is 0 Å². The van der Waals surface area contributed by atoms with Gasteiger partial charge in [-0.25, -0.2) is 0 Å². The molecule has 5 heteroatoms. The van der Waals surface area contributed by atoms with Crippen molar-refractivity contribution in [3.8, 4) is 0 Å². The van der Waals surface area contributed by atoms with E-state index in [2.05, 4.69) is 49.7 Å². The molecule has 5 nitrogen and oxygen atoms in total. The van der Waals surface area contributed by atoms with Crippen LogP contribution in [0.2, 0.25) is 0 Å². The summed E-state index contributed by atoms with van der Waals surface area (Å²) in [6, 6.07) is 9.00. The highest BCUT2D eigenvalue weighted by atomic mass is 15.3. The second-order valence-electron chi connectivity index (χ2n) is 6.15. The molecule has 1 fully saturated rings. The van der Waals surface area contributed by atoms with Gasteiger partial charge in [-0.15, -0.1) is 5.10 Å². The number of nitrogens with one attached hydrogen (secondary N) is 1. The molecule has 1 aromatic carbocycles. The van der Waals surface area contributed by atoms with E-state index in [4.69, 9.17) is 0 Å². The minimum absolute atomic E-state index is 0.497. The van der Waals surface area contributed by atoms with Crippen LogP contribution in [0.5, 0.6) is 0 Å². The van der Waals surface area contributed by atoms with Gasteiger partial charge in [0.05, 0.1) is 6.20 Å². The quantitative estimate of drug-likeness (QED) is 0.941. The molecule has 2 heterocycles. The summed E-state index contributed by atoms with van der Waals surface area (Å²) < 4.78 is 0. The molecule has 0 spiro atoms. The van der Waals surface area contributed by atoms with Gasteiger partial charge in [-0.1, -0.05) is 37.5 Å². The first kappa shape index (κ1) is 13.5. The fourth-order valence-corrected chi connectivity index (χ4v) is 3.49. The highest BCUT2D eigenvalue weighted by Crippen LogP contribution is 2.33. The summed E-state index contributed by atoms with van der Waals surface area (Å²) in [6.45, 7) is 0.959. The number of nitrogens with zero attached hydrogens (tertiary/aromatic N) is 4. The maximum Gasteiger partial charge on any atom is 0.244 e. The third-order valence-electron chi connectivity index (χ3n) is 4.65. The van der Waals surface area contributed by atoms with Crippen LogP contribution in [0.3, 0.4) is 0 Å². The predicted octanol–water partition coefficient (Wildman–Crippen LogP) is 3.31. The predicted molar refractivity (Wildman–Crippen MR) is 87.5 cm³/mol. The van der Waals surface area contributed by atoms with Gasteiger partial charge in [-0.05, 0) is 30.9 Å². The first-order valence-electron chi connectivity index (χ1n) is 8.22. The van der Waals surface area contributed by atoms with Crippen LogP contribution in [-0.2, 0) is 6.42 Å².